The first kappa shape index (κ1) is 17.6. The number of hydrogen-bond acceptors (Lipinski definition) is 6. The summed E-state index contributed by atoms with van der Waals surface area (Å²) in [5, 5.41) is 4.90. The molecule has 9 heteroatoms. The van der Waals surface area contributed by atoms with Crippen LogP contribution in [0.5, 0.6) is 0 Å². The zero-order valence-corrected chi connectivity index (χ0v) is 13.4. The second-order valence-electron chi connectivity index (χ2n) is 5.24. The fourth-order valence-electron chi connectivity index (χ4n) is 2.10. The van der Waals surface area contributed by atoms with Crippen molar-refractivity contribution in [2.75, 3.05) is 16.8 Å². The van der Waals surface area contributed by atoms with Crippen molar-refractivity contribution in [3.05, 3.63) is 29.0 Å². The van der Waals surface area contributed by atoms with Crippen LogP contribution in [0.1, 0.15) is 32.0 Å². The largest absolute Gasteiger partial charge is 0.451 e. The van der Waals surface area contributed by atoms with Gasteiger partial charge in [0.15, 0.2) is 0 Å². The number of allylic oxidation sites excluding steroid dienone is 2. The van der Waals surface area contributed by atoms with Gasteiger partial charge in [0.25, 0.3) is 0 Å². The standard InChI is InChI=1S/C14H18F3N5S/c1-9(4-2-5-10-6-3-7-23-8-10)19-13-21-11(14(15,16)17)20-12(18)22-13/h3,6-7,9H,2,4-5,8H2,1H3,(H3,18,19,20,21,22). The van der Waals surface area contributed by atoms with Crippen molar-refractivity contribution in [2.24, 2.45) is 0 Å². The van der Waals surface area contributed by atoms with Crippen LogP contribution in [0.25, 0.3) is 0 Å². The summed E-state index contributed by atoms with van der Waals surface area (Å²) in [6.45, 7) is 1.87. The lowest BCUT2D eigenvalue weighted by molar-refractivity contribution is -0.144. The molecule has 0 spiro atoms. The second kappa shape index (κ2) is 7.67. The third-order valence-electron chi connectivity index (χ3n) is 3.19. The summed E-state index contributed by atoms with van der Waals surface area (Å²) in [5.41, 5.74) is 6.68. The van der Waals surface area contributed by atoms with Gasteiger partial charge in [0.05, 0.1) is 0 Å². The van der Waals surface area contributed by atoms with E-state index in [1.807, 2.05) is 13.0 Å². The smallest absolute Gasteiger partial charge is 0.368 e. The predicted molar refractivity (Wildman–Crippen MR) is 85.9 cm³/mol. The minimum absolute atomic E-state index is 0.0646. The van der Waals surface area contributed by atoms with Crippen LogP contribution < -0.4 is 11.1 Å². The van der Waals surface area contributed by atoms with E-state index >= 15 is 0 Å². The maximum absolute atomic E-state index is 12.6. The molecular weight excluding hydrogens is 327 g/mol. The van der Waals surface area contributed by atoms with Crippen LogP contribution in [0.4, 0.5) is 25.1 Å². The minimum atomic E-state index is -4.64. The lowest BCUT2D eigenvalue weighted by Gasteiger charge is -2.15. The molecule has 2 rings (SSSR count). The molecule has 0 bridgehead atoms. The molecule has 3 N–H and O–H groups in total. The topological polar surface area (TPSA) is 76.7 Å². The average Bonchev–Trinajstić information content (AvgIpc) is 2.47. The maximum atomic E-state index is 12.6. The minimum Gasteiger partial charge on any atom is -0.368 e. The first-order valence-corrected chi connectivity index (χ1v) is 8.21. The molecule has 0 radical (unpaired) electrons. The normalized spacial score (nSPS) is 16.1. The molecular formula is C14H18F3N5S. The molecule has 1 aromatic heterocycles. The number of nitrogens with two attached hydrogens (primary N) is 1. The Morgan fingerprint density at radius 3 is 2.78 bits per heavy atom. The highest BCUT2D eigenvalue weighted by molar-refractivity contribution is 8.02. The van der Waals surface area contributed by atoms with Gasteiger partial charge in [-0.2, -0.15) is 28.1 Å². The summed E-state index contributed by atoms with van der Waals surface area (Å²) in [6, 6.07) is -0.0646. The Morgan fingerprint density at radius 2 is 2.13 bits per heavy atom. The van der Waals surface area contributed by atoms with Crippen molar-refractivity contribution in [1.29, 1.82) is 0 Å². The highest BCUT2D eigenvalue weighted by Gasteiger charge is 2.35. The molecule has 0 amide bonds. The summed E-state index contributed by atoms with van der Waals surface area (Å²) in [7, 11) is 0. The van der Waals surface area contributed by atoms with Gasteiger partial charge in [-0.05, 0) is 31.6 Å². The van der Waals surface area contributed by atoms with Gasteiger partial charge in [0, 0.05) is 11.8 Å². The number of thioether (sulfide) groups is 1. The average molecular weight is 345 g/mol. The molecule has 0 aromatic carbocycles. The molecule has 1 aliphatic heterocycles. The number of nitrogens with one attached hydrogen (secondary N) is 1. The van der Waals surface area contributed by atoms with E-state index in [0.717, 1.165) is 25.0 Å². The monoisotopic (exact) mass is 345 g/mol. The zero-order chi connectivity index (χ0) is 16.9. The summed E-state index contributed by atoms with van der Waals surface area (Å²) in [5.74, 6) is -0.876. The predicted octanol–water partition coefficient (Wildman–Crippen LogP) is 3.63. The quantitative estimate of drug-likeness (QED) is 0.820. The number of alkyl halides is 3. The third kappa shape index (κ3) is 5.74. The summed E-state index contributed by atoms with van der Waals surface area (Å²) < 4.78 is 37.9. The van der Waals surface area contributed by atoms with Crippen LogP contribution in [0, 0.1) is 0 Å². The van der Waals surface area contributed by atoms with Gasteiger partial charge < -0.3 is 11.1 Å². The van der Waals surface area contributed by atoms with Gasteiger partial charge in [-0.15, -0.1) is 11.8 Å². The number of rotatable bonds is 6. The molecule has 1 aromatic rings. The zero-order valence-electron chi connectivity index (χ0n) is 12.6. The van der Waals surface area contributed by atoms with Crippen molar-refractivity contribution in [2.45, 2.75) is 38.4 Å². The molecule has 126 valence electrons. The molecule has 1 atom stereocenters. The molecule has 1 unspecified atom stereocenters. The Bertz CT molecular complexity index is 601. The van der Waals surface area contributed by atoms with E-state index in [1.54, 1.807) is 11.8 Å². The van der Waals surface area contributed by atoms with Gasteiger partial charge in [-0.1, -0.05) is 17.7 Å². The number of anilines is 2. The van der Waals surface area contributed by atoms with Crippen LogP contribution in [0.2, 0.25) is 0 Å². The van der Waals surface area contributed by atoms with Crippen LogP contribution in [0.3, 0.4) is 0 Å². The fraction of sp³-hybridized carbons (Fsp3) is 0.500. The van der Waals surface area contributed by atoms with E-state index in [9.17, 15) is 13.2 Å². The van der Waals surface area contributed by atoms with Gasteiger partial charge in [-0.25, -0.2) is 0 Å². The first-order valence-electron chi connectivity index (χ1n) is 7.16. The highest BCUT2D eigenvalue weighted by atomic mass is 32.2. The summed E-state index contributed by atoms with van der Waals surface area (Å²) in [4.78, 5) is 10.2. The summed E-state index contributed by atoms with van der Waals surface area (Å²) >= 11 is 1.76. The van der Waals surface area contributed by atoms with Crippen molar-refractivity contribution in [3.63, 3.8) is 0 Å². The SMILES string of the molecule is CC(CCCC1=CC=CSC1)Nc1nc(N)nc(C(F)(F)F)n1. The second-order valence-corrected chi connectivity index (χ2v) is 6.13. The number of aromatic nitrogens is 3. The van der Waals surface area contributed by atoms with E-state index < -0.39 is 17.9 Å². The molecule has 5 nitrogen and oxygen atoms in total. The van der Waals surface area contributed by atoms with Crippen LogP contribution in [0.15, 0.2) is 23.1 Å². The third-order valence-corrected chi connectivity index (χ3v) is 4.08. The van der Waals surface area contributed by atoms with Crippen LogP contribution in [-0.4, -0.2) is 26.7 Å². The number of halogens is 3. The first-order chi connectivity index (χ1) is 10.8. The van der Waals surface area contributed by atoms with E-state index in [0.29, 0.717) is 0 Å². The van der Waals surface area contributed by atoms with Crippen LogP contribution >= 0.6 is 11.8 Å². The fourth-order valence-corrected chi connectivity index (χ4v) is 2.84. The molecule has 0 fully saturated rings. The highest BCUT2D eigenvalue weighted by Crippen LogP contribution is 2.27. The molecule has 0 aliphatic carbocycles. The molecule has 0 saturated heterocycles. The Labute approximate surface area is 136 Å². The van der Waals surface area contributed by atoms with Gasteiger partial charge >= 0.3 is 6.18 Å². The number of nitrogen functional groups attached to an aromatic ring is 1. The maximum Gasteiger partial charge on any atom is 0.451 e. The van der Waals surface area contributed by atoms with Crippen molar-refractivity contribution in [1.82, 2.24) is 15.0 Å². The van der Waals surface area contributed by atoms with Crippen LogP contribution in [-0.2, 0) is 6.18 Å². The lowest BCUT2D eigenvalue weighted by atomic mass is 10.1. The van der Waals surface area contributed by atoms with E-state index in [4.69, 9.17) is 5.73 Å². The van der Waals surface area contributed by atoms with Crippen molar-refractivity contribution >= 4 is 23.7 Å². The van der Waals surface area contributed by atoms with Gasteiger partial charge in [-0.3, -0.25) is 0 Å². The van der Waals surface area contributed by atoms with Gasteiger partial charge in [0.1, 0.15) is 0 Å². The van der Waals surface area contributed by atoms with Crippen molar-refractivity contribution in [3.8, 4) is 0 Å². The Morgan fingerprint density at radius 1 is 1.35 bits per heavy atom. The number of nitrogens with zero attached hydrogens (tertiary/aromatic N) is 3. The number of hydrogen-bond donors (Lipinski definition) is 2. The molecule has 23 heavy (non-hydrogen) atoms. The Balaban J connectivity index is 1.87. The van der Waals surface area contributed by atoms with Crippen molar-refractivity contribution < 1.29 is 13.2 Å². The van der Waals surface area contributed by atoms with E-state index in [2.05, 4.69) is 31.8 Å². The van der Waals surface area contributed by atoms with E-state index in [1.165, 1.54) is 5.57 Å². The molecule has 1 aliphatic rings. The Hall–Kier alpha value is -1.77. The van der Waals surface area contributed by atoms with Gasteiger partial charge in [0.2, 0.25) is 17.7 Å². The van der Waals surface area contributed by atoms with E-state index in [-0.39, 0.29) is 12.0 Å². The lowest BCUT2D eigenvalue weighted by Crippen LogP contribution is -2.21. The molecule has 2 heterocycles. The molecule has 0 saturated carbocycles. The summed E-state index contributed by atoms with van der Waals surface area (Å²) in [6.07, 6.45) is 2.18. The Kier molecular flexibility index (Phi) is 5.86.